The zero-order chi connectivity index (χ0) is 31.9. The second kappa shape index (κ2) is 14.3. The van der Waals surface area contributed by atoms with Gasteiger partial charge in [0.15, 0.2) is 5.13 Å². The monoisotopic (exact) mass is 631 g/mol. The van der Waals surface area contributed by atoms with Crippen LogP contribution in [0.3, 0.4) is 0 Å². The van der Waals surface area contributed by atoms with E-state index >= 15 is 0 Å². The van der Waals surface area contributed by atoms with Crippen LogP contribution in [0.2, 0.25) is 0 Å². The molecule has 0 aliphatic carbocycles. The smallest absolute Gasteiger partial charge is 0.331 e. The highest BCUT2D eigenvalue weighted by Gasteiger charge is 2.31. The second-order valence-electron chi connectivity index (χ2n) is 10.7. The van der Waals surface area contributed by atoms with Crippen LogP contribution in [0.15, 0.2) is 66.7 Å². The Morgan fingerprint density at radius 3 is 2.36 bits per heavy atom. The van der Waals surface area contributed by atoms with E-state index in [1.54, 1.807) is 31.2 Å². The van der Waals surface area contributed by atoms with E-state index in [-0.39, 0.29) is 50.4 Å². The number of hydrogen-bond acceptors (Lipinski definition) is 9. The van der Waals surface area contributed by atoms with Gasteiger partial charge < -0.3 is 30.7 Å². The van der Waals surface area contributed by atoms with Gasteiger partial charge in [-0.3, -0.25) is 14.6 Å². The summed E-state index contributed by atoms with van der Waals surface area (Å²) < 4.78 is 11.4. The first-order valence-corrected chi connectivity index (χ1v) is 15.3. The Hall–Kier alpha value is -4.88. The van der Waals surface area contributed by atoms with Crippen molar-refractivity contribution < 1.29 is 23.9 Å². The maximum Gasteiger partial charge on any atom is 0.331 e. The van der Waals surface area contributed by atoms with Gasteiger partial charge >= 0.3 is 6.03 Å². The van der Waals surface area contributed by atoms with E-state index in [2.05, 4.69) is 15.6 Å². The number of nitrogens with two attached hydrogens (primary N) is 1. The number of methoxy groups -OCH3 is 2. The van der Waals surface area contributed by atoms with Crippen LogP contribution in [0.4, 0.5) is 9.93 Å². The predicted molar refractivity (Wildman–Crippen MR) is 173 cm³/mol. The van der Waals surface area contributed by atoms with Gasteiger partial charge in [0.2, 0.25) is 11.8 Å². The van der Waals surface area contributed by atoms with Gasteiger partial charge in [0.1, 0.15) is 17.5 Å². The minimum absolute atomic E-state index is 0.106. The molecular formula is C32H37N7O5S. The summed E-state index contributed by atoms with van der Waals surface area (Å²) in [6.45, 7) is 0.956. The van der Waals surface area contributed by atoms with Crippen molar-refractivity contribution in [3.63, 3.8) is 0 Å². The second-order valence-corrected chi connectivity index (χ2v) is 11.7. The molecule has 12 nitrogen and oxygen atoms in total. The summed E-state index contributed by atoms with van der Waals surface area (Å²) in [7, 11) is 4.79. The Kier molecular flexibility index (Phi) is 10.0. The summed E-state index contributed by atoms with van der Waals surface area (Å²) >= 11 is 1.39. The van der Waals surface area contributed by atoms with Gasteiger partial charge in [0.25, 0.3) is 0 Å². The summed E-state index contributed by atoms with van der Waals surface area (Å²) in [4.78, 5) is 46.8. The number of hydrogen-bond donors (Lipinski definition) is 3. The van der Waals surface area contributed by atoms with Crippen LogP contribution >= 0.6 is 11.3 Å². The van der Waals surface area contributed by atoms with E-state index in [9.17, 15) is 14.4 Å². The number of para-hydroxylation sites is 1. The molecule has 5 rings (SSSR count). The fraction of sp³-hybridized carbons (Fsp3) is 0.312. The molecule has 45 heavy (non-hydrogen) atoms. The number of urea groups is 1. The lowest BCUT2D eigenvalue weighted by atomic mass is 10.0. The number of ether oxygens (including phenoxy) is 2. The highest BCUT2D eigenvalue weighted by molar-refractivity contribution is 7.22. The fourth-order valence-electron chi connectivity index (χ4n) is 5.18. The third-order valence-corrected chi connectivity index (χ3v) is 8.55. The highest BCUT2D eigenvalue weighted by Crippen LogP contribution is 2.27. The molecule has 1 aliphatic rings. The van der Waals surface area contributed by atoms with Crippen molar-refractivity contribution in [2.75, 3.05) is 46.6 Å². The third kappa shape index (κ3) is 7.80. The number of nitrogens with one attached hydrogen (secondary N) is 2. The number of carbonyl (C=O) groups excluding carboxylic acids is 3. The van der Waals surface area contributed by atoms with Crippen LogP contribution in [-0.2, 0) is 29.1 Å². The Morgan fingerprint density at radius 1 is 1.02 bits per heavy atom. The van der Waals surface area contributed by atoms with Gasteiger partial charge in [0.05, 0.1) is 31.0 Å². The summed E-state index contributed by atoms with van der Waals surface area (Å²) in [5, 5.41) is 9.30. The van der Waals surface area contributed by atoms with Gasteiger partial charge in [-0.15, -0.1) is 0 Å². The Labute approximate surface area is 265 Å². The van der Waals surface area contributed by atoms with Crippen LogP contribution in [0.25, 0.3) is 10.2 Å². The normalized spacial score (nSPS) is 16.0. The molecule has 3 aromatic carbocycles. The summed E-state index contributed by atoms with van der Waals surface area (Å²) in [6, 6.07) is 19.4. The van der Waals surface area contributed by atoms with E-state index in [1.807, 2.05) is 66.7 Å². The standard InChI is InChI=1S/C32H37N7O5S/c1-37(32(42)34-18-22-9-13-25(44-3)14-10-22)39-16-15-38(19-23-5-4-6-27-29(23)36-31(33)45-27)30(41)26(35-28(40)20-39)17-21-7-11-24(43-2)12-8-21/h4-14,26H,15-20H2,1-3H3,(H2,33,36)(H,34,42)(H,35,40)/t26-/m0/s1. The molecule has 0 bridgehead atoms. The van der Waals surface area contributed by atoms with E-state index in [0.717, 1.165) is 32.7 Å². The lowest BCUT2D eigenvalue weighted by Crippen LogP contribution is -2.53. The molecule has 13 heteroatoms. The first-order valence-electron chi connectivity index (χ1n) is 14.5. The summed E-state index contributed by atoms with van der Waals surface area (Å²) in [5.74, 6) is 0.828. The molecule has 1 saturated heterocycles. The van der Waals surface area contributed by atoms with Crippen molar-refractivity contribution in [3.8, 4) is 11.5 Å². The Balaban J connectivity index is 1.36. The molecule has 0 radical (unpaired) electrons. The molecule has 4 N–H and O–H groups in total. The number of thiazole rings is 1. The van der Waals surface area contributed by atoms with E-state index in [0.29, 0.717) is 17.4 Å². The Bertz CT molecular complexity index is 1640. The van der Waals surface area contributed by atoms with Crippen LogP contribution in [-0.4, -0.2) is 84.7 Å². The predicted octanol–water partition coefficient (Wildman–Crippen LogP) is 3.02. The third-order valence-electron chi connectivity index (χ3n) is 7.70. The van der Waals surface area contributed by atoms with Crippen LogP contribution in [0, 0.1) is 0 Å². The number of rotatable bonds is 9. The van der Waals surface area contributed by atoms with Gasteiger partial charge in [0, 0.05) is 39.6 Å². The molecule has 2 heterocycles. The molecule has 0 spiro atoms. The number of fused-ring (bicyclic) bond motifs is 1. The van der Waals surface area contributed by atoms with Crippen molar-refractivity contribution in [3.05, 3.63) is 83.4 Å². The van der Waals surface area contributed by atoms with Gasteiger partial charge in [-0.2, -0.15) is 0 Å². The first kappa shape index (κ1) is 31.5. The van der Waals surface area contributed by atoms with E-state index in [4.69, 9.17) is 15.2 Å². The minimum Gasteiger partial charge on any atom is -0.497 e. The summed E-state index contributed by atoms with van der Waals surface area (Å²) in [5.41, 5.74) is 9.36. The molecule has 0 unspecified atom stereocenters. The molecule has 1 fully saturated rings. The number of anilines is 1. The van der Waals surface area contributed by atoms with Crippen LogP contribution < -0.4 is 25.8 Å². The molecule has 0 saturated carbocycles. The lowest BCUT2D eigenvalue weighted by Gasteiger charge is -2.32. The molecule has 4 aromatic rings. The quantitative estimate of drug-likeness (QED) is 0.256. The molecule has 1 aliphatic heterocycles. The van der Waals surface area contributed by atoms with E-state index < -0.39 is 6.04 Å². The van der Waals surface area contributed by atoms with Crippen molar-refractivity contribution in [1.29, 1.82) is 0 Å². The van der Waals surface area contributed by atoms with Gasteiger partial charge in [-0.05, 0) is 47.0 Å². The SMILES string of the molecule is COc1ccc(CNC(=O)N(C)N2CCN(Cc3cccc4sc(N)nc34)C(=O)[C@H](Cc3ccc(OC)cc3)NC(=O)C2)cc1. The van der Waals surface area contributed by atoms with Gasteiger partial charge in [-0.25, -0.2) is 14.8 Å². The minimum atomic E-state index is -0.820. The zero-order valence-electron chi connectivity index (χ0n) is 25.5. The first-order chi connectivity index (χ1) is 21.7. The highest BCUT2D eigenvalue weighted by atomic mass is 32.1. The molecule has 1 aromatic heterocycles. The number of benzene rings is 3. The number of nitrogens with zero attached hydrogens (tertiary/aromatic N) is 4. The Morgan fingerprint density at radius 2 is 1.69 bits per heavy atom. The fourth-order valence-corrected chi connectivity index (χ4v) is 5.96. The average Bonchev–Trinajstić information content (AvgIpc) is 3.46. The molecule has 1 atom stereocenters. The van der Waals surface area contributed by atoms with Gasteiger partial charge in [-0.1, -0.05) is 47.7 Å². The lowest BCUT2D eigenvalue weighted by molar-refractivity contribution is -0.136. The number of carbonyl (C=O) groups is 3. The molecule has 236 valence electrons. The number of aromatic nitrogens is 1. The maximum absolute atomic E-state index is 14.1. The van der Waals surface area contributed by atoms with Crippen LogP contribution in [0.5, 0.6) is 11.5 Å². The maximum atomic E-state index is 14.1. The topological polar surface area (TPSA) is 142 Å². The van der Waals surface area contributed by atoms with E-state index in [1.165, 1.54) is 16.3 Å². The number of nitrogen functional groups attached to an aromatic ring is 1. The molecule has 4 amide bonds. The zero-order valence-corrected chi connectivity index (χ0v) is 26.3. The summed E-state index contributed by atoms with van der Waals surface area (Å²) in [6.07, 6.45) is 0.289. The van der Waals surface area contributed by atoms with Crippen molar-refractivity contribution in [2.45, 2.75) is 25.6 Å². The van der Waals surface area contributed by atoms with Crippen LogP contribution in [0.1, 0.15) is 16.7 Å². The molecular weight excluding hydrogens is 594 g/mol. The average molecular weight is 632 g/mol. The van der Waals surface area contributed by atoms with Crippen molar-refractivity contribution in [1.82, 2.24) is 30.5 Å². The van der Waals surface area contributed by atoms with Crippen molar-refractivity contribution in [2.24, 2.45) is 0 Å². The largest absolute Gasteiger partial charge is 0.497 e. The number of hydrazine groups is 1. The van der Waals surface area contributed by atoms with Crippen molar-refractivity contribution >= 4 is 44.5 Å². The number of amides is 4.